The van der Waals surface area contributed by atoms with Crippen LogP contribution in [0.25, 0.3) is 60.9 Å². The predicted octanol–water partition coefficient (Wildman–Crippen LogP) is 12.4. The molecule has 11 rings (SSSR count). The molecule has 2 nitrogen and oxygen atoms in total. The molecule has 240 valence electrons. The highest BCUT2D eigenvalue weighted by Gasteiger charge is 2.38. The van der Waals surface area contributed by atoms with E-state index in [2.05, 4.69) is 161 Å². The number of benzene rings is 6. The van der Waals surface area contributed by atoms with Crippen LogP contribution < -0.4 is 4.74 Å². The summed E-state index contributed by atoms with van der Waals surface area (Å²) in [4.78, 5) is 0. The standard InChI is InChI=1S/C48H36O2/c1-47(2)39-11-7-5-9-31(39)33-17-13-29(23-41(33)47)27-15-19-43-35(21-27)37-25-46-38(26-45(37)49-43)36-22-28(16-20-44(36)50-46)30-14-18-34-32-10-6-8-12-40(32)48(3,4)42(34)24-30/h5-26,35,43H,1-4H3. The van der Waals surface area contributed by atoms with Crippen LogP contribution in [0.15, 0.2) is 138 Å². The smallest absolute Gasteiger partial charge is 0.135 e. The maximum absolute atomic E-state index is 6.62. The summed E-state index contributed by atoms with van der Waals surface area (Å²) >= 11 is 0. The molecule has 0 radical (unpaired) electrons. The Morgan fingerprint density at radius 1 is 0.520 bits per heavy atom. The van der Waals surface area contributed by atoms with Crippen LogP contribution in [-0.2, 0) is 10.8 Å². The van der Waals surface area contributed by atoms with E-state index >= 15 is 0 Å². The Kier molecular flexibility index (Phi) is 5.40. The fourth-order valence-electron chi connectivity index (χ4n) is 9.51. The number of rotatable bonds is 2. The van der Waals surface area contributed by atoms with Crippen molar-refractivity contribution in [2.45, 2.75) is 50.5 Å². The molecular formula is C48H36O2. The van der Waals surface area contributed by atoms with E-state index in [-0.39, 0.29) is 22.9 Å². The fraction of sp³-hybridized carbons (Fsp3) is 0.167. The van der Waals surface area contributed by atoms with E-state index < -0.39 is 0 Å². The molecule has 6 aromatic carbocycles. The van der Waals surface area contributed by atoms with Crippen LogP contribution in [0.2, 0.25) is 0 Å². The molecule has 3 aliphatic carbocycles. The van der Waals surface area contributed by atoms with Gasteiger partial charge in [-0.1, -0.05) is 119 Å². The highest BCUT2D eigenvalue weighted by Crippen LogP contribution is 2.52. The molecule has 2 heterocycles. The third kappa shape index (κ3) is 3.69. The van der Waals surface area contributed by atoms with E-state index in [4.69, 9.17) is 9.15 Å². The number of hydrogen-bond acceptors (Lipinski definition) is 2. The topological polar surface area (TPSA) is 22.4 Å². The van der Waals surface area contributed by atoms with Crippen molar-refractivity contribution < 1.29 is 9.15 Å². The second-order valence-electron chi connectivity index (χ2n) is 15.7. The lowest BCUT2D eigenvalue weighted by molar-refractivity contribution is 0.269. The van der Waals surface area contributed by atoms with Gasteiger partial charge in [0.1, 0.15) is 23.0 Å². The van der Waals surface area contributed by atoms with Crippen molar-refractivity contribution in [3.05, 3.63) is 167 Å². The quantitative estimate of drug-likeness (QED) is 0.187. The van der Waals surface area contributed by atoms with Gasteiger partial charge in [0.15, 0.2) is 0 Å². The largest absolute Gasteiger partial charge is 0.485 e. The molecule has 1 aromatic heterocycles. The molecule has 0 amide bonds. The second-order valence-corrected chi connectivity index (χ2v) is 15.7. The summed E-state index contributed by atoms with van der Waals surface area (Å²) in [5.41, 5.74) is 18.9. The molecule has 2 atom stereocenters. The summed E-state index contributed by atoms with van der Waals surface area (Å²) in [5, 5.41) is 2.22. The highest BCUT2D eigenvalue weighted by molar-refractivity contribution is 6.07. The molecule has 0 spiro atoms. The van der Waals surface area contributed by atoms with Gasteiger partial charge in [0.2, 0.25) is 0 Å². The molecule has 0 N–H and O–H groups in total. The fourth-order valence-corrected chi connectivity index (χ4v) is 9.51. The maximum Gasteiger partial charge on any atom is 0.135 e. The van der Waals surface area contributed by atoms with Crippen molar-refractivity contribution in [1.82, 2.24) is 0 Å². The minimum atomic E-state index is -0.0329. The molecule has 1 aliphatic heterocycles. The van der Waals surface area contributed by atoms with Crippen LogP contribution in [0.3, 0.4) is 0 Å². The van der Waals surface area contributed by atoms with Crippen LogP contribution in [0.4, 0.5) is 0 Å². The first kappa shape index (κ1) is 28.3. The number of fused-ring (bicyclic) bond motifs is 12. The van der Waals surface area contributed by atoms with Gasteiger partial charge < -0.3 is 9.15 Å². The van der Waals surface area contributed by atoms with E-state index in [0.29, 0.717) is 0 Å². The molecular weight excluding hydrogens is 609 g/mol. The summed E-state index contributed by atoms with van der Waals surface area (Å²) in [5.74, 6) is 1.08. The van der Waals surface area contributed by atoms with Crippen LogP contribution in [0, 0.1) is 0 Å². The van der Waals surface area contributed by atoms with Gasteiger partial charge in [-0.25, -0.2) is 0 Å². The van der Waals surface area contributed by atoms with Crippen molar-refractivity contribution >= 4 is 27.5 Å². The van der Waals surface area contributed by atoms with E-state index in [1.807, 2.05) is 0 Å². The summed E-state index contributed by atoms with van der Waals surface area (Å²) in [6.07, 6.45) is 6.86. The SMILES string of the molecule is CC1(C)c2ccccc2-c2ccc(C3=CC4c5cc6oc7ccc(-c8ccc9c(c8)C(C)(C)c8ccccc8-9)cc7c6cc5OC4C=C3)cc21. The summed E-state index contributed by atoms with van der Waals surface area (Å²) in [6, 6.07) is 42.7. The first-order valence-corrected chi connectivity index (χ1v) is 17.8. The van der Waals surface area contributed by atoms with Gasteiger partial charge in [0, 0.05) is 33.1 Å². The average Bonchev–Trinajstić information content (AvgIpc) is 3.82. The lowest BCUT2D eigenvalue weighted by Gasteiger charge is -2.23. The minimum Gasteiger partial charge on any atom is -0.485 e. The van der Waals surface area contributed by atoms with Crippen molar-refractivity contribution in [2.75, 3.05) is 0 Å². The number of furan rings is 1. The van der Waals surface area contributed by atoms with Crippen molar-refractivity contribution in [3.8, 4) is 39.1 Å². The number of allylic oxidation sites excluding steroid dienone is 2. The third-order valence-electron chi connectivity index (χ3n) is 12.2. The molecule has 0 bridgehead atoms. The normalized spacial score (nSPS) is 19.7. The predicted molar refractivity (Wildman–Crippen MR) is 205 cm³/mol. The first-order valence-electron chi connectivity index (χ1n) is 17.8. The Hall–Kier alpha value is -5.60. The summed E-state index contributed by atoms with van der Waals surface area (Å²) in [6.45, 7) is 9.37. The number of hydrogen-bond donors (Lipinski definition) is 0. The second kappa shape index (κ2) is 9.55. The van der Waals surface area contributed by atoms with Crippen LogP contribution >= 0.6 is 0 Å². The lowest BCUT2D eigenvalue weighted by atomic mass is 9.80. The third-order valence-corrected chi connectivity index (χ3v) is 12.2. The molecule has 2 heteroatoms. The zero-order valence-electron chi connectivity index (χ0n) is 28.7. The Bertz CT molecular complexity index is 2690. The Morgan fingerprint density at radius 2 is 1.10 bits per heavy atom. The van der Waals surface area contributed by atoms with Crippen LogP contribution in [0.5, 0.6) is 5.75 Å². The average molecular weight is 645 g/mol. The van der Waals surface area contributed by atoms with Gasteiger partial charge in [0.25, 0.3) is 0 Å². The van der Waals surface area contributed by atoms with Gasteiger partial charge in [0.05, 0.1) is 0 Å². The van der Waals surface area contributed by atoms with E-state index in [0.717, 1.165) is 27.7 Å². The minimum absolute atomic E-state index is 0.0175. The van der Waals surface area contributed by atoms with Gasteiger partial charge in [-0.05, 0) is 109 Å². The van der Waals surface area contributed by atoms with Gasteiger partial charge in [-0.3, -0.25) is 0 Å². The van der Waals surface area contributed by atoms with E-state index in [9.17, 15) is 0 Å². The molecule has 0 saturated heterocycles. The molecule has 0 saturated carbocycles. The highest BCUT2D eigenvalue weighted by atomic mass is 16.5. The molecule has 2 unspecified atom stereocenters. The van der Waals surface area contributed by atoms with E-state index in [1.165, 1.54) is 72.3 Å². The zero-order chi connectivity index (χ0) is 33.5. The van der Waals surface area contributed by atoms with Gasteiger partial charge in [-0.15, -0.1) is 0 Å². The monoisotopic (exact) mass is 644 g/mol. The van der Waals surface area contributed by atoms with E-state index in [1.54, 1.807) is 0 Å². The van der Waals surface area contributed by atoms with Gasteiger partial charge in [-0.2, -0.15) is 0 Å². The Labute approximate surface area is 292 Å². The van der Waals surface area contributed by atoms with Gasteiger partial charge >= 0.3 is 0 Å². The first-order chi connectivity index (χ1) is 24.3. The molecule has 0 fully saturated rings. The summed E-state index contributed by atoms with van der Waals surface area (Å²) < 4.78 is 13.1. The van der Waals surface area contributed by atoms with Crippen molar-refractivity contribution in [1.29, 1.82) is 0 Å². The summed E-state index contributed by atoms with van der Waals surface area (Å²) in [7, 11) is 0. The van der Waals surface area contributed by atoms with Crippen LogP contribution in [-0.4, -0.2) is 6.10 Å². The van der Waals surface area contributed by atoms with Crippen LogP contribution in [0.1, 0.15) is 67.0 Å². The molecule has 4 aliphatic rings. The Balaban J connectivity index is 0.957. The Morgan fingerprint density at radius 3 is 1.82 bits per heavy atom. The zero-order valence-corrected chi connectivity index (χ0v) is 28.7. The number of ether oxygens (including phenoxy) is 1. The lowest BCUT2D eigenvalue weighted by Crippen LogP contribution is -2.17. The maximum atomic E-state index is 6.62. The molecule has 50 heavy (non-hydrogen) atoms. The van der Waals surface area contributed by atoms with Crippen molar-refractivity contribution in [2.24, 2.45) is 0 Å². The molecule has 7 aromatic rings. The van der Waals surface area contributed by atoms with Crippen molar-refractivity contribution in [3.63, 3.8) is 0 Å².